The monoisotopic (exact) mass is 528 g/mol. The third kappa shape index (κ3) is 6.99. The maximum Gasteiger partial charge on any atom is 0.417 e. The first kappa shape index (κ1) is 27.0. The fraction of sp³-hybridized carbons (Fsp3) is 0.120. The Morgan fingerprint density at radius 1 is 1.14 bits per heavy atom. The first-order valence-electron chi connectivity index (χ1n) is 10.6. The highest BCUT2D eigenvalue weighted by Gasteiger charge is 2.33. The molecule has 37 heavy (non-hydrogen) atoms. The van der Waals surface area contributed by atoms with Gasteiger partial charge in [-0.1, -0.05) is 11.6 Å². The first-order chi connectivity index (χ1) is 17.7. The molecule has 0 aliphatic carbocycles. The van der Waals surface area contributed by atoms with Crippen molar-refractivity contribution in [3.05, 3.63) is 82.8 Å². The number of benzene rings is 2. The number of allylic oxidation sites excluding steroid dienone is 1. The zero-order valence-corrected chi connectivity index (χ0v) is 20.3. The Balaban J connectivity index is 1.72. The van der Waals surface area contributed by atoms with Gasteiger partial charge in [0.05, 0.1) is 16.3 Å². The molecule has 12 heteroatoms. The van der Waals surface area contributed by atoms with Crippen LogP contribution < -0.4 is 20.7 Å². The molecule has 0 aliphatic rings. The fourth-order valence-electron chi connectivity index (χ4n) is 3.16. The van der Waals surface area contributed by atoms with E-state index in [1.165, 1.54) is 24.4 Å². The van der Waals surface area contributed by atoms with Crippen molar-refractivity contribution in [2.75, 3.05) is 24.7 Å². The van der Waals surface area contributed by atoms with Gasteiger partial charge in [-0.05, 0) is 42.5 Å². The summed E-state index contributed by atoms with van der Waals surface area (Å²) in [5, 5.41) is 17.0. The molecule has 2 aromatic carbocycles. The van der Waals surface area contributed by atoms with Gasteiger partial charge in [0.25, 0.3) is 0 Å². The molecule has 0 fully saturated rings. The van der Waals surface area contributed by atoms with Crippen LogP contribution in [0.2, 0.25) is 5.02 Å². The van der Waals surface area contributed by atoms with Gasteiger partial charge in [-0.25, -0.2) is 4.79 Å². The van der Waals surface area contributed by atoms with Gasteiger partial charge < -0.3 is 20.7 Å². The van der Waals surface area contributed by atoms with E-state index in [1.807, 2.05) is 0 Å². The predicted octanol–water partition coefficient (Wildman–Crippen LogP) is 6.32. The van der Waals surface area contributed by atoms with Crippen LogP contribution >= 0.6 is 11.6 Å². The molecular weight excluding hydrogens is 509 g/mol. The highest BCUT2D eigenvalue weighted by Crippen LogP contribution is 2.36. The summed E-state index contributed by atoms with van der Waals surface area (Å²) in [4.78, 5) is 20.5. The van der Waals surface area contributed by atoms with Gasteiger partial charge in [-0.3, -0.25) is 9.98 Å². The second kappa shape index (κ2) is 11.9. The number of amides is 2. The summed E-state index contributed by atoms with van der Waals surface area (Å²) >= 11 is 5.60. The molecule has 0 radical (unpaired) electrons. The average molecular weight is 529 g/mol. The molecule has 2 amide bonds. The maximum atomic E-state index is 13.0. The van der Waals surface area contributed by atoms with E-state index in [9.17, 15) is 23.2 Å². The molecule has 1 aromatic heterocycles. The van der Waals surface area contributed by atoms with Crippen LogP contribution in [0.3, 0.4) is 0 Å². The number of hydrogen-bond donors (Lipinski definition) is 3. The minimum absolute atomic E-state index is 0.0773. The number of urea groups is 1. The van der Waals surface area contributed by atoms with Gasteiger partial charge in [0.1, 0.15) is 23.1 Å². The number of pyridine rings is 1. The van der Waals surface area contributed by atoms with Crippen molar-refractivity contribution in [1.29, 1.82) is 5.26 Å². The smallest absolute Gasteiger partial charge is 0.417 e. The number of alkyl halides is 3. The van der Waals surface area contributed by atoms with Crippen molar-refractivity contribution in [2.45, 2.75) is 6.18 Å². The molecule has 190 valence electrons. The first-order valence-corrected chi connectivity index (χ1v) is 11.0. The lowest BCUT2D eigenvalue weighted by Crippen LogP contribution is -2.19. The summed E-state index contributed by atoms with van der Waals surface area (Å²) in [6, 6.07) is 12.1. The van der Waals surface area contributed by atoms with E-state index in [-0.39, 0.29) is 17.0 Å². The van der Waals surface area contributed by atoms with E-state index < -0.39 is 22.8 Å². The number of hydrogen-bond acceptors (Lipinski definition) is 6. The predicted molar refractivity (Wildman–Crippen MR) is 136 cm³/mol. The van der Waals surface area contributed by atoms with E-state index in [1.54, 1.807) is 44.7 Å². The molecular formula is C25H20ClF3N6O2. The van der Waals surface area contributed by atoms with Crippen LogP contribution in [-0.2, 0) is 6.18 Å². The van der Waals surface area contributed by atoms with Crippen LogP contribution in [0.5, 0.6) is 11.5 Å². The van der Waals surface area contributed by atoms with E-state index in [4.69, 9.17) is 16.3 Å². The van der Waals surface area contributed by atoms with E-state index in [0.717, 1.165) is 12.1 Å². The third-order valence-corrected chi connectivity index (χ3v) is 5.07. The summed E-state index contributed by atoms with van der Waals surface area (Å²) in [6.07, 6.45) is 0.0541. The molecule has 3 rings (SSSR count). The number of aliphatic imine (C=N–C) groups is 1. The highest BCUT2D eigenvalue weighted by atomic mass is 35.5. The van der Waals surface area contributed by atoms with Crippen LogP contribution in [0.4, 0.5) is 29.3 Å². The van der Waals surface area contributed by atoms with E-state index in [0.29, 0.717) is 22.7 Å². The molecule has 0 spiro atoms. The van der Waals surface area contributed by atoms with Crippen molar-refractivity contribution in [1.82, 2.24) is 10.3 Å². The molecule has 0 unspecified atom stereocenters. The number of halogens is 4. The Morgan fingerprint density at radius 3 is 2.43 bits per heavy atom. The molecule has 0 bridgehead atoms. The minimum Gasteiger partial charge on any atom is -0.456 e. The number of ether oxygens (including phenoxy) is 1. The van der Waals surface area contributed by atoms with Crippen LogP contribution in [0.15, 0.2) is 65.9 Å². The Hall–Kier alpha value is -4.56. The molecule has 1 heterocycles. The number of nitriles is 1. The standard InChI is InChI=1S/C25H20ClF3N6O2/c1-31-13-15(14-32-2)23-19(12-30)22(9-10-33-23)37-18-6-3-16(4-7-18)34-24(36)35-17-5-8-21(26)20(11-17)25(27,28)29/h3-11,13-14,31H,1-2H3,(H2,34,35,36)/b15-13+,32-14-. The number of aromatic nitrogens is 1. The van der Waals surface area contributed by atoms with Crippen LogP contribution in [0.1, 0.15) is 16.8 Å². The van der Waals surface area contributed by atoms with Gasteiger partial charge in [-0.2, -0.15) is 18.4 Å². The van der Waals surface area contributed by atoms with Crippen LogP contribution in [0.25, 0.3) is 5.57 Å². The van der Waals surface area contributed by atoms with Gasteiger partial charge in [-0.15, -0.1) is 0 Å². The molecule has 0 atom stereocenters. The molecule has 0 saturated carbocycles. The van der Waals surface area contributed by atoms with Gasteiger partial charge in [0.2, 0.25) is 0 Å². The fourth-order valence-corrected chi connectivity index (χ4v) is 3.39. The van der Waals surface area contributed by atoms with Crippen molar-refractivity contribution in [3.63, 3.8) is 0 Å². The lowest BCUT2D eigenvalue weighted by molar-refractivity contribution is -0.137. The van der Waals surface area contributed by atoms with Crippen molar-refractivity contribution in [2.24, 2.45) is 4.99 Å². The number of anilines is 2. The second-order valence-corrected chi connectivity index (χ2v) is 7.73. The van der Waals surface area contributed by atoms with E-state index >= 15 is 0 Å². The SMILES string of the molecule is C/N=C\C(=C/NC)c1nccc(Oc2ccc(NC(=O)Nc3ccc(Cl)c(C(F)(F)F)c3)cc2)c1C#N. The summed E-state index contributed by atoms with van der Waals surface area (Å²) in [6.45, 7) is 0. The minimum atomic E-state index is -4.66. The Labute approximate surface area is 215 Å². The summed E-state index contributed by atoms with van der Waals surface area (Å²) in [5.41, 5.74) is 0.383. The number of nitrogens with one attached hydrogen (secondary N) is 3. The quantitative estimate of drug-likeness (QED) is 0.311. The number of rotatable bonds is 7. The summed E-state index contributed by atoms with van der Waals surface area (Å²) in [7, 11) is 3.31. The second-order valence-electron chi connectivity index (χ2n) is 7.32. The van der Waals surface area contributed by atoms with Crippen molar-refractivity contribution >= 4 is 40.8 Å². The van der Waals surface area contributed by atoms with Crippen molar-refractivity contribution in [3.8, 4) is 17.6 Å². The summed E-state index contributed by atoms with van der Waals surface area (Å²) < 4.78 is 44.9. The van der Waals surface area contributed by atoms with Gasteiger partial charge in [0.15, 0.2) is 0 Å². The Kier molecular flexibility index (Phi) is 8.71. The maximum absolute atomic E-state index is 13.0. The molecule has 8 nitrogen and oxygen atoms in total. The molecule has 0 saturated heterocycles. The molecule has 3 aromatic rings. The average Bonchev–Trinajstić information content (AvgIpc) is 2.85. The summed E-state index contributed by atoms with van der Waals surface area (Å²) in [5.74, 6) is 0.635. The zero-order chi connectivity index (χ0) is 27.0. The highest BCUT2D eigenvalue weighted by molar-refractivity contribution is 6.31. The van der Waals surface area contributed by atoms with Crippen LogP contribution in [0, 0.1) is 11.3 Å². The topological polar surface area (TPSA) is 111 Å². The van der Waals surface area contributed by atoms with Crippen LogP contribution in [-0.4, -0.2) is 31.3 Å². The van der Waals surface area contributed by atoms with Gasteiger partial charge >= 0.3 is 12.2 Å². The molecule has 0 aliphatic heterocycles. The van der Waals surface area contributed by atoms with Crippen molar-refractivity contribution < 1.29 is 22.7 Å². The third-order valence-electron chi connectivity index (χ3n) is 4.74. The zero-order valence-electron chi connectivity index (χ0n) is 19.5. The van der Waals surface area contributed by atoms with Gasteiger partial charge in [0, 0.05) is 55.7 Å². The lowest BCUT2D eigenvalue weighted by atomic mass is 10.1. The molecule has 3 N–H and O–H groups in total. The number of carbonyl (C=O) groups excluding carboxylic acids is 1. The Bertz CT molecular complexity index is 1380. The number of nitrogens with zero attached hydrogens (tertiary/aromatic N) is 3. The Morgan fingerprint density at radius 2 is 1.81 bits per heavy atom. The largest absolute Gasteiger partial charge is 0.456 e. The lowest BCUT2D eigenvalue weighted by Gasteiger charge is -2.13. The number of carbonyl (C=O) groups is 1. The normalized spacial score (nSPS) is 11.6. The van der Waals surface area contributed by atoms with E-state index in [2.05, 4.69) is 32.0 Å².